The molecule has 3 heterocycles. The topological polar surface area (TPSA) is 141 Å². The number of rotatable bonds is 8. The van der Waals surface area contributed by atoms with E-state index in [1.165, 1.54) is 17.2 Å². The number of nitrogens with zero attached hydrogens (tertiary/aromatic N) is 3. The Balaban J connectivity index is 1.76. The lowest BCUT2D eigenvalue weighted by molar-refractivity contribution is -0.0524. The van der Waals surface area contributed by atoms with Gasteiger partial charge >= 0.3 is 7.82 Å². The maximum Gasteiger partial charge on any atom is 0.474 e. The summed E-state index contributed by atoms with van der Waals surface area (Å²) in [4.78, 5) is 11.0. The molecule has 0 spiro atoms. The molecule has 27 heavy (non-hydrogen) atoms. The zero-order valence-corrected chi connectivity index (χ0v) is 16.4. The number of phosphoric acid groups is 1. The Morgan fingerprint density at radius 3 is 2.63 bits per heavy atom. The molecule has 0 radical (unpaired) electrons. The van der Waals surface area contributed by atoms with E-state index in [9.17, 15) is 14.8 Å². The highest BCUT2D eigenvalue weighted by Crippen LogP contribution is 2.49. The summed E-state index contributed by atoms with van der Waals surface area (Å²) in [5.41, 5.74) is 0.928. The van der Waals surface area contributed by atoms with Crippen LogP contribution in [0.25, 0.3) is 11.2 Å². The number of aliphatic hydroxyl groups is 2. The molecule has 0 bridgehead atoms. The summed E-state index contributed by atoms with van der Waals surface area (Å²) < 4.78 is 35.2. The Hall–Kier alpha value is -1.24. The van der Waals surface area contributed by atoms with E-state index >= 15 is 0 Å². The molecule has 0 aliphatic carbocycles. The van der Waals surface area contributed by atoms with Gasteiger partial charge in [-0.3, -0.25) is 18.1 Å². The number of phosphoric ester groups is 1. The molecule has 11 nitrogen and oxygen atoms in total. The summed E-state index contributed by atoms with van der Waals surface area (Å²) in [7, 11) is -3.76. The van der Waals surface area contributed by atoms with Crippen LogP contribution >= 0.6 is 20.0 Å². The summed E-state index contributed by atoms with van der Waals surface area (Å²) in [5.74, 6) is 0. The standard InChI is InChI=1S/C14H21N4O7PS/c1-3-22-26(21,23-4-2)24-5-8-10(19)11(20)14(25-8)18-7-17-9-12(18)15-6-16-13(9)27/h6-8,10-11,14,19-20H,3-5H2,1-2H3,(H,15,16,27). The zero-order valence-electron chi connectivity index (χ0n) is 14.7. The van der Waals surface area contributed by atoms with Crippen LogP contribution in [0.5, 0.6) is 0 Å². The Bertz CT molecular complexity index is 880. The molecular formula is C14H21N4O7PS. The van der Waals surface area contributed by atoms with Crippen LogP contribution < -0.4 is 0 Å². The number of fused-ring (bicyclic) bond motifs is 1. The molecule has 13 heteroatoms. The number of H-pyrrole nitrogens is 1. The Morgan fingerprint density at radius 2 is 1.96 bits per heavy atom. The molecule has 1 aliphatic heterocycles. The van der Waals surface area contributed by atoms with Gasteiger partial charge in [-0.05, 0) is 13.8 Å². The number of aromatic nitrogens is 4. The molecule has 1 aliphatic rings. The second-order valence-corrected chi connectivity index (χ2v) is 7.74. The minimum absolute atomic E-state index is 0.130. The Morgan fingerprint density at radius 1 is 1.26 bits per heavy atom. The van der Waals surface area contributed by atoms with Crippen molar-refractivity contribution in [3.8, 4) is 0 Å². The van der Waals surface area contributed by atoms with Gasteiger partial charge < -0.3 is 19.9 Å². The number of nitrogens with one attached hydrogen (secondary N) is 1. The van der Waals surface area contributed by atoms with Crippen LogP contribution in [0, 0.1) is 4.64 Å². The predicted octanol–water partition coefficient (Wildman–Crippen LogP) is 1.31. The van der Waals surface area contributed by atoms with E-state index in [1.54, 1.807) is 13.8 Å². The number of ether oxygens (including phenoxy) is 1. The highest BCUT2D eigenvalue weighted by atomic mass is 32.1. The largest absolute Gasteiger partial charge is 0.474 e. The number of hydrogen-bond acceptors (Lipinski definition) is 10. The third-order valence-corrected chi connectivity index (χ3v) is 5.88. The van der Waals surface area contributed by atoms with E-state index in [-0.39, 0.29) is 19.8 Å². The normalized spacial score (nSPS) is 26.1. The minimum Gasteiger partial charge on any atom is -0.387 e. The number of aromatic amines is 1. The third-order valence-electron chi connectivity index (χ3n) is 3.96. The van der Waals surface area contributed by atoms with Crippen molar-refractivity contribution < 1.29 is 33.1 Å². The van der Waals surface area contributed by atoms with Gasteiger partial charge in [0.2, 0.25) is 0 Å². The van der Waals surface area contributed by atoms with Gasteiger partial charge in [0.25, 0.3) is 0 Å². The van der Waals surface area contributed by atoms with Crippen LogP contribution in [0.4, 0.5) is 0 Å². The third kappa shape index (κ3) is 4.13. The van der Waals surface area contributed by atoms with Crippen molar-refractivity contribution in [2.24, 2.45) is 0 Å². The highest BCUT2D eigenvalue weighted by Gasteiger charge is 2.45. The average Bonchev–Trinajstić information content (AvgIpc) is 3.17. The first-order valence-corrected chi connectivity index (χ1v) is 10.2. The Labute approximate surface area is 159 Å². The molecule has 0 saturated carbocycles. The minimum atomic E-state index is -3.76. The fraction of sp³-hybridized carbons (Fsp3) is 0.643. The summed E-state index contributed by atoms with van der Waals surface area (Å²) in [5, 5.41) is 20.7. The second-order valence-electron chi connectivity index (χ2n) is 5.68. The maximum absolute atomic E-state index is 12.4. The molecule has 3 rings (SSSR count). The van der Waals surface area contributed by atoms with Crippen molar-refractivity contribution >= 4 is 31.2 Å². The summed E-state index contributed by atoms with van der Waals surface area (Å²) in [6.45, 7) is 3.27. The van der Waals surface area contributed by atoms with E-state index in [4.69, 9.17) is 30.5 Å². The molecule has 4 atom stereocenters. The van der Waals surface area contributed by atoms with Crippen molar-refractivity contribution in [3.63, 3.8) is 0 Å². The molecule has 0 amide bonds. The van der Waals surface area contributed by atoms with Gasteiger partial charge in [-0.1, -0.05) is 12.2 Å². The van der Waals surface area contributed by atoms with Crippen LogP contribution in [0.15, 0.2) is 12.7 Å². The average molecular weight is 420 g/mol. The van der Waals surface area contributed by atoms with Gasteiger partial charge in [0.15, 0.2) is 10.9 Å². The lowest BCUT2D eigenvalue weighted by atomic mass is 10.1. The molecule has 1 fully saturated rings. The van der Waals surface area contributed by atoms with Crippen molar-refractivity contribution in [1.82, 2.24) is 19.5 Å². The van der Waals surface area contributed by atoms with E-state index in [0.717, 1.165) is 0 Å². The van der Waals surface area contributed by atoms with Crippen molar-refractivity contribution in [3.05, 3.63) is 17.3 Å². The van der Waals surface area contributed by atoms with Crippen molar-refractivity contribution in [2.75, 3.05) is 19.8 Å². The molecule has 150 valence electrons. The van der Waals surface area contributed by atoms with Crippen LogP contribution in [-0.2, 0) is 22.9 Å². The molecular weight excluding hydrogens is 399 g/mol. The maximum atomic E-state index is 12.4. The zero-order chi connectivity index (χ0) is 19.6. The SMILES string of the molecule is CCOP(=O)(OCC)OCC1OC(n2cnc3c(=S)nc[nH]c32)C(O)C1O. The van der Waals surface area contributed by atoms with Gasteiger partial charge in [-0.15, -0.1) is 0 Å². The lowest BCUT2D eigenvalue weighted by Crippen LogP contribution is -2.33. The van der Waals surface area contributed by atoms with Crippen LogP contribution in [0.2, 0.25) is 0 Å². The van der Waals surface area contributed by atoms with E-state index in [1.807, 2.05) is 0 Å². The predicted molar refractivity (Wildman–Crippen MR) is 95.4 cm³/mol. The molecule has 0 aromatic carbocycles. The molecule has 2 aromatic heterocycles. The van der Waals surface area contributed by atoms with E-state index in [2.05, 4.69) is 15.0 Å². The van der Waals surface area contributed by atoms with Gasteiger partial charge in [-0.2, -0.15) is 0 Å². The van der Waals surface area contributed by atoms with Gasteiger partial charge in [-0.25, -0.2) is 14.5 Å². The highest BCUT2D eigenvalue weighted by molar-refractivity contribution is 7.71. The molecule has 3 N–H and O–H groups in total. The number of hydrogen-bond donors (Lipinski definition) is 3. The van der Waals surface area contributed by atoms with Crippen LogP contribution in [0.3, 0.4) is 0 Å². The fourth-order valence-electron chi connectivity index (χ4n) is 2.76. The van der Waals surface area contributed by atoms with Gasteiger partial charge in [0.05, 0.1) is 32.5 Å². The molecule has 2 aromatic rings. The summed E-state index contributed by atoms with van der Waals surface area (Å²) in [6, 6.07) is 0. The Kier molecular flexibility index (Phi) is 6.39. The van der Waals surface area contributed by atoms with Gasteiger partial charge in [0, 0.05) is 0 Å². The second kappa shape index (κ2) is 8.41. The molecule has 1 saturated heterocycles. The fourth-order valence-corrected chi connectivity index (χ4v) is 4.14. The van der Waals surface area contributed by atoms with Crippen molar-refractivity contribution in [1.29, 1.82) is 0 Å². The smallest absolute Gasteiger partial charge is 0.387 e. The van der Waals surface area contributed by atoms with Crippen molar-refractivity contribution in [2.45, 2.75) is 38.4 Å². The molecule has 4 unspecified atom stereocenters. The van der Waals surface area contributed by atoms with Gasteiger partial charge in [0.1, 0.15) is 29.5 Å². The number of aliphatic hydroxyl groups excluding tert-OH is 2. The van der Waals surface area contributed by atoms with Crippen LogP contribution in [0.1, 0.15) is 20.1 Å². The first-order chi connectivity index (χ1) is 12.9. The summed E-state index contributed by atoms with van der Waals surface area (Å²) >= 11 is 5.11. The first kappa shape index (κ1) is 20.5. The summed E-state index contributed by atoms with van der Waals surface area (Å²) in [6.07, 6.45) is -1.64. The number of imidazole rings is 1. The van der Waals surface area contributed by atoms with E-state index < -0.39 is 32.4 Å². The first-order valence-electron chi connectivity index (χ1n) is 8.35. The van der Waals surface area contributed by atoms with E-state index in [0.29, 0.717) is 15.8 Å². The quantitative estimate of drug-likeness (QED) is 0.423. The van der Waals surface area contributed by atoms with Crippen LogP contribution in [-0.4, -0.2) is 67.9 Å². The monoisotopic (exact) mass is 420 g/mol. The lowest BCUT2D eigenvalue weighted by Gasteiger charge is -2.20.